The number of alkyl carbamates (subject to hydrolysis) is 1. The van der Waals surface area contributed by atoms with Gasteiger partial charge in [-0.2, -0.15) is 0 Å². The third-order valence-electron chi connectivity index (χ3n) is 5.13. The predicted octanol–water partition coefficient (Wildman–Crippen LogP) is 3.56. The molecule has 166 valence electrons. The van der Waals surface area contributed by atoms with Crippen LogP contribution < -0.4 is 10.6 Å². The molecule has 0 saturated heterocycles. The first kappa shape index (κ1) is 23.0. The van der Waals surface area contributed by atoms with Crippen LogP contribution in [0.2, 0.25) is 0 Å². The van der Waals surface area contributed by atoms with Crippen molar-refractivity contribution in [2.24, 2.45) is 0 Å². The number of benzene rings is 1. The lowest BCUT2D eigenvalue weighted by Crippen LogP contribution is -2.31. The summed E-state index contributed by atoms with van der Waals surface area (Å²) in [5.41, 5.74) is 1.40. The van der Waals surface area contributed by atoms with Gasteiger partial charge in [0.25, 0.3) is 11.8 Å². The molecule has 0 unspecified atom stereocenters. The van der Waals surface area contributed by atoms with E-state index >= 15 is 0 Å². The number of imide groups is 1. The van der Waals surface area contributed by atoms with Crippen LogP contribution in [-0.4, -0.2) is 39.2 Å². The topological polar surface area (TPSA) is 119 Å². The molecule has 1 aliphatic rings. The molecule has 0 atom stereocenters. The summed E-state index contributed by atoms with van der Waals surface area (Å²) in [4.78, 5) is 38.3. The summed E-state index contributed by atoms with van der Waals surface area (Å²) in [6, 6.07) is 5.65. The summed E-state index contributed by atoms with van der Waals surface area (Å²) < 4.78 is 28.5. The number of methoxy groups -OCH3 is 1. The number of carbonyl (C=O) groups is 3. The highest BCUT2D eigenvalue weighted by Crippen LogP contribution is 2.37. The number of amides is 3. The van der Waals surface area contributed by atoms with E-state index in [0.29, 0.717) is 11.4 Å². The van der Waals surface area contributed by atoms with E-state index in [4.69, 9.17) is 0 Å². The van der Waals surface area contributed by atoms with Crippen LogP contribution >= 0.6 is 11.3 Å². The van der Waals surface area contributed by atoms with Gasteiger partial charge in [0.1, 0.15) is 5.00 Å². The summed E-state index contributed by atoms with van der Waals surface area (Å²) in [6.45, 7) is 1.55. The van der Waals surface area contributed by atoms with Gasteiger partial charge >= 0.3 is 6.09 Å². The van der Waals surface area contributed by atoms with E-state index < -0.39 is 27.7 Å². The molecule has 2 N–H and O–H groups in total. The maximum Gasteiger partial charge on any atom is 0.413 e. The third-order valence-corrected chi connectivity index (χ3v) is 8.09. The van der Waals surface area contributed by atoms with Gasteiger partial charge in [0.15, 0.2) is 9.84 Å². The summed E-state index contributed by atoms with van der Waals surface area (Å²) in [6.07, 6.45) is 3.58. The fourth-order valence-electron chi connectivity index (χ4n) is 3.43. The van der Waals surface area contributed by atoms with Gasteiger partial charge in [-0.15, -0.1) is 11.3 Å². The number of anilines is 1. The molecule has 3 amide bonds. The van der Waals surface area contributed by atoms with Crippen molar-refractivity contribution in [1.82, 2.24) is 5.32 Å². The van der Waals surface area contributed by atoms with Gasteiger partial charge in [-0.25, -0.2) is 13.2 Å². The van der Waals surface area contributed by atoms with Crippen molar-refractivity contribution in [1.29, 1.82) is 0 Å². The van der Waals surface area contributed by atoms with E-state index in [1.165, 1.54) is 42.7 Å². The van der Waals surface area contributed by atoms with Gasteiger partial charge in [0, 0.05) is 10.4 Å². The number of sulfone groups is 1. The minimum atomic E-state index is -3.36. The van der Waals surface area contributed by atoms with Gasteiger partial charge in [-0.05, 0) is 55.5 Å². The lowest BCUT2D eigenvalue weighted by Gasteiger charge is -2.09. The van der Waals surface area contributed by atoms with Crippen molar-refractivity contribution in [3.63, 3.8) is 0 Å². The maximum atomic E-state index is 12.8. The minimum absolute atomic E-state index is 0.0298. The van der Waals surface area contributed by atoms with E-state index in [9.17, 15) is 22.8 Å². The Bertz CT molecular complexity index is 1100. The summed E-state index contributed by atoms with van der Waals surface area (Å²) >= 11 is 1.33. The molecule has 10 heteroatoms. The largest absolute Gasteiger partial charge is 0.453 e. The molecule has 0 radical (unpaired) electrons. The van der Waals surface area contributed by atoms with Crippen molar-refractivity contribution in [2.45, 2.75) is 43.9 Å². The number of thiophene rings is 1. The molecule has 1 heterocycles. The highest BCUT2D eigenvalue weighted by Gasteiger charge is 2.27. The number of rotatable bonds is 5. The Balaban J connectivity index is 1.90. The molecule has 1 aromatic heterocycles. The van der Waals surface area contributed by atoms with Crippen LogP contribution in [0.15, 0.2) is 29.2 Å². The number of ether oxygens (including phenoxy) is 1. The minimum Gasteiger partial charge on any atom is -0.453 e. The van der Waals surface area contributed by atoms with E-state index in [1.54, 1.807) is 6.92 Å². The molecule has 31 heavy (non-hydrogen) atoms. The van der Waals surface area contributed by atoms with Gasteiger partial charge in [0.05, 0.1) is 23.3 Å². The second kappa shape index (κ2) is 9.61. The Morgan fingerprint density at radius 3 is 2.35 bits per heavy atom. The van der Waals surface area contributed by atoms with Gasteiger partial charge in [-0.1, -0.05) is 13.3 Å². The summed E-state index contributed by atoms with van der Waals surface area (Å²) in [5, 5.41) is 5.31. The number of carbonyl (C=O) groups excluding carboxylic acids is 3. The second-order valence-corrected chi connectivity index (χ2v) is 10.5. The Hall–Kier alpha value is -2.72. The molecule has 0 bridgehead atoms. The first-order chi connectivity index (χ1) is 14.8. The van der Waals surface area contributed by atoms with Crippen molar-refractivity contribution < 1.29 is 27.5 Å². The zero-order valence-corrected chi connectivity index (χ0v) is 19.0. The average molecular weight is 465 g/mol. The molecule has 0 saturated carbocycles. The highest BCUT2D eigenvalue weighted by molar-refractivity contribution is 7.91. The second-order valence-electron chi connectivity index (χ2n) is 7.10. The van der Waals surface area contributed by atoms with E-state index in [0.717, 1.165) is 36.1 Å². The summed E-state index contributed by atoms with van der Waals surface area (Å²) in [5.74, 6) is -1.12. The molecule has 0 aliphatic heterocycles. The fraction of sp³-hybridized carbons (Fsp3) is 0.381. The van der Waals surface area contributed by atoms with Crippen molar-refractivity contribution in [3.05, 3.63) is 45.8 Å². The van der Waals surface area contributed by atoms with E-state index in [-0.39, 0.29) is 21.8 Å². The van der Waals surface area contributed by atoms with E-state index in [1.807, 2.05) is 0 Å². The zero-order valence-electron chi connectivity index (χ0n) is 17.3. The van der Waals surface area contributed by atoms with Crippen LogP contribution in [0.5, 0.6) is 0 Å². The predicted molar refractivity (Wildman–Crippen MR) is 118 cm³/mol. The van der Waals surface area contributed by atoms with Crippen LogP contribution in [0.1, 0.15) is 57.3 Å². The van der Waals surface area contributed by atoms with Gasteiger partial charge < -0.3 is 10.1 Å². The smallest absolute Gasteiger partial charge is 0.413 e. The number of fused-ring (bicyclic) bond motifs is 1. The van der Waals surface area contributed by atoms with Gasteiger partial charge in [0.2, 0.25) is 0 Å². The Morgan fingerprint density at radius 1 is 1.03 bits per heavy atom. The molecular formula is C21H24N2O6S2. The molecule has 2 aromatic rings. The van der Waals surface area contributed by atoms with Crippen molar-refractivity contribution >= 4 is 44.1 Å². The SMILES string of the molecule is CCS(=O)(=O)c1ccc(C(=O)Nc2sc3c(c2C(=O)NC(=O)OC)CCCCC3)cc1. The van der Waals surface area contributed by atoms with Crippen molar-refractivity contribution in [3.8, 4) is 0 Å². The van der Waals surface area contributed by atoms with Crippen LogP contribution in [0.25, 0.3) is 0 Å². The third kappa shape index (κ3) is 5.13. The van der Waals surface area contributed by atoms with E-state index in [2.05, 4.69) is 15.4 Å². The zero-order chi connectivity index (χ0) is 22.6. The number of nitrogens with one attached hydrogen (secondary N) is 2. The lowest BCUT2D eigenvalue weighted by atomic mass is 10.0. The first-order valence-electron chi connectivity index (χ1n) is 9.94. The maximum absolute atomic E-state index is 12.8. The fourth-order valence-corrected chi connectivity index (χ4v) is 5.60. The van der Waals surface area contributed by atoms with Crippen LogP contribution in [0, 0.1) is 0 Å². The normalized spacial score (nSPS) is 13.6. The number of hydrogen-bond acceptors (Lipinski definition) is 7. The Morgan fingerprint density at radius 2 is 1.71 bits per heavy atom. The number of aryl methyl sites for hydroxylation is 1. The standard InChI is InChI=1S/C21H24N2O6S2/c1-3-31(27,28)14-11-9-13(10-12-14)18(24)22-20-17(19(25)23-21(26)29-2)15-7-5-4-6-8-16(15)30-20/h9-12H,3-8H2,1-2H3,(H,22,24)(H,23,25,26). The first-order valence-corrected chi connectivity index (χ1v) is 12.4. The quantitative estimate of drug-likeness (QED) is 0.653. The average Bonchev–Trinajstić information content (AvgIpc) is 2.93. The monoisotopic (exact) mass is 464 g/mol. The Labute approximate surface area is 184 Å². The van der Waals surface area contributed by atoms with Crippen molar-refractivity contribution in [2.75, 3.05) is 18.2 Å². The number of hydrogen-bond donors (Lipinski definition) is 2. The Kier molecular flexibility index (Phi) is 7.11. The lowest BCUT2D eigenvalue weighted by molar-refractivity contribution is 0.0937. The summed E-state index contributed by atoms with van der Waals surface area (Å²) in [7, 11) is -2.20. The molecule has 1 aromatic carbocycles. The highest BCUT2D eigenvalue weighted by atomic mass is 32.2. The van der Waals surface area contributed by atoms with Crippen LogP contribution in [0.3, 0.4) is 0 Å². The van der Waals surface area contributed by atoms with Gasteiger partial charge in [-0.3, -0.25) is 14.9 Å². The van der Waals surface area contributed by atoms with Crippen LogP contribution in [0.4, 0.5) is 9.80 Å². The molecular weight excluding hydrogens is 440 g/mol. The molecule has 3 rings (SSSR count). The molecule has 0 spiro atoms. The van der Waals surface area contributed by atoms with Crippen LogP contribution in [-0.2, 0) is 27.4 Å². The molecule has 1 aliphatic carbocycles. The molecule has 0 fully saturated rings. The molecule has 8 nitrogen and oxygen atoms in total.